The molecule has 0 fully saturated rings. The Bertz CT molecular complexity index is 915. The third-order valence-corrected chi connectivity index (χ3v) is 3.60. The van der Waals surface area contributed by atoms with Crippen LogP contribution in [0, 0.1) is 0 Å². The summed E-state index contributed by atoms with van der Waals surface area (Å²) in [7, 11) is 0. The van der Waals surface area contributed by atoms with Crippen molar-refractivity contribution in [2.75, 3.05) is 0 Å². The van der Waals surface area contributed by atoms with Crippen molar-refractivity contribution in [2.24, 2.45) is 0 Å². The van der Waals surface area contributed by atoms with Crippen LogP contribution in [0.3, 0.4) is 0 Å². The second-order valence-corrected chi connectivity index (χ2v) is 4.94. The summed E-state index contributed by atoms with van der Waals surface area (Å²) in [5, 5.41) is 10.1. The van der Waals surface area contributed by atoms with Gasteiger partial charge in [-0.25, -0.2) is 4.79 Å². The van der Waals surface area contributed by atoms with Crippen molar-refractivity contribution in [3.63, 3.8) is 0 Å². The van der Waals surface area contributed by atoms with E-state index in [2.05, 4.69) is 4.98 Å². The van der Waals surface area contributed by atoms with Gasteiger partial charge >= 0.3 is 5.97 Å². The van der Waals surface area contributed by atoms with E-state index in [1.807, 2.05) is 0 Å². The third-order valence-electron chi connectivity index (χ3n) is 3.27. The normalized spacial score (nSPS) is 10.7. The summed E-state index contributed by atoms with van der Waals surface area (Å²) in [6.45, 7) is 0. The molecule has 4 nitrogen and oxygen atoms in total. The molecule has 21 heavy (non-hydrogen) atoms. The van der Waals surface area contributed by atoms with Crippen LogP contribution >= 0.6 is 11.6 Å². The van der Waals surface area contributed by atoms with Crippen LogP contribution in [0.15, 0.2) is 53.3 Å². The summed E-state index contributed by atoms with van der Waals surface area (Å²) in [5.74, 6) is -1.28. The van der Waals surface area contributed by atoms with Crippen molar-refractivity contribution in [1.29, 1.82) is 0 Å². The highest BCUT2D eigenvalue weighted by molar-refractivity contribution is 6.33. The second-order valence-electron chi connectivity index (χ2n) is 4.53. The fourth-order valence-electron chi connectivity index (χ4n) is 2.31. The molecule has 0 saturated heterocycles. The van der Waals surface area contributed by atoms with Crippen molar-refractivity contribution < 1.29 is 9.90 Å². The van der Waals surface area contributed by atoms with E-state index in [1.165, 1.54) is 0 Å². The number of aromatic amines is 1. The molecule has 0 unspecified atom stereocenters. The van der Waals surface area contributed by atoms with Crippen LogP contribution in [0.4, 0.5) is 0 Å². The van der Waals surface area contributed by atoms with Crippen LogP contribution in [0.1, 0.15) is 10.4 Å². The minimum absolute atomic E-state index is 0.219. The van der Waals surface area contributed by atoms with Crippen LogP contribution in [-0.2, 0) is 0 Å². The first kappa shape index (κ1) is 13.4. The van der Waals surface area contributed by atoms with E-state index in [0.29, 0.717) is 21.5 Å². The zero-order valence-corrected chi connectivity index (χ0v) is 11.5. The van der Waals surface area contributed by atoms with Gasteiger partial charge < -0.3 is 10.1 Å². The Balaban J connectivity index is 2.47. The molecular weight excluding hydrogens is 290 g/mol. The van der Waals surface area contributed by atoms with Gasteiger partial charge in [-0.15, -0.1) is 0 Å². The van der Waals surface area contributed by atoms with Crippen molar-refractivity contribution in [1.82, 2.24) is 4.98 Å². The highest BCUT2D eigenvalue weighted by atomic mass is 35.5. The molecule has 2 aromatic carbocycles. The van der Waals surface area contributed by atoms with Crippen LogP contribution in [0.2, 0.25) is 5.02 Å². The number of aromatic carboxylic acids is 1. The van der Waals surface area contributed by atoms with E-state index >= 15 is 0 Å². The largest absolute Gasteiger partial charge is 0.477 e. The molecule has 0 amide bonds. The molecule has 104 valence electrons. The molecule has 0 aliphatic rings. The number of hydrogen-bond acceptors (Lipinski definition) is 2. The number of nitrogens with one attached hydrogen (secondary N) is 1. The van der Waals surface area contributed by atoms with E-state index in [9.17, 15) is 14.7 Å². The number of halogens is 1. The first-order chi connectivity index (χ1) is 10.1. The number of H-pyrrole nitrogens is 1. The molecule has 3 rings (SSSR count). The molecule has 0 saturated carbocycles. The summed E-state index contributed by atoms with van der Waals surface area (Å²) in [6.07, 6.45) is 0. The molecular formula is C16H10ClNO3. The SMILES string of the molecule is O=C(O)c1c(-c2ccccc2Cl)[nH]c2ccccc2c1=O. The molecule has 0 atom stereocenters. The number of carboxylic acid groups (broad SMARTS) is 1. The third kappa shape index (κ3) is 2.19. The van der Waals surface area contributed by atoms with E-state index in [4.69, 9.17) is 11.6 Å². The summed E-state index contributed by atoms with van der Waals surface area (Å²) in [6, 6.07) is 13.6. The summed E-state index contributed by atoms with van der Waals surface area (Å²) < 4.78 is 0. The van der Waals surface area contributed by atoms with Gasteiger partial charge in [-0.1, -0.05) is 41.9 Å². The van der Waals surface area contributed by atoms with Gasteiger partial charge in [0.15, 0.2) is 0 Å². The number of carboxylic acids is 1. The first-order valence-corrected chi connectivity index (χ1v) is 6.60. The van der Waals surface area contributed by atoms with Crippen LogP contribution in [0.25, 0.3) is 22.2 Å². The van der Waals surface area contributed by atoms with E-state index in [1.54, 1.807) is 48.5 Å². The number of pyridine rings is 1. The minimum atomic E-state index is -1.28. The lowest BCUT2D eigenvalue weighted by molar-refractivity contribution is 0.0696. The fraction of sp³-hybridized carbons (Fsp3) is 0. The average molecular weight is 300 g/mol. The monoisotopic (exact) mass is 299 g/mol. The maximum absolute atomic E-state index is 12.4. The Morgan fingerprint density at radius 3 is 2.43 bits per heavy atom. The number of carbonyl (C=O) groups is 1. The van der Waals surface area contributed by atoms with Crippen molar-refractivity contribution in [3.8, 4) is 11.3 Å². The van der Waals surface area contributed by atoms with Crippen LogP contribution < -0.4 is 5.43 Å². The zero-order chi connectivity index (χ0) is 15.0. The summed E-state index contributed by atoms with van der Waals surface area (Å²) >= 11 is 6.12. The molecule has 3 aromatic rings. The lowest BCUT2D eigenvalue weighted by Crippen LogP contribution is -2.18. The summed E-state index contributed by atoms with van der Waals surface area (Å²) in [4.78, 5) is 26.9. The van der Waals surface area contributed by atoms with Crippen molar-refractivity contribution >= 4 is 28.5 Å². The smallest absolute Gasteiger partial charge is 0.341 e. The van der Waals surface area contributed by atoms with E-state index < -0.39 is 11.4 Å². The summed E-state index contributed by atoms with van der Waals surface area (Å²) in [5.41, 5.74) is 0.451. The lowest BCUT2D eigenvalue weighted by Gasteiger charge is -2.10. The van der Waals surface area contributed by atoms with Gasteiger partial charge in [-0.3, -0.25) is 4.79 Å². The standard InChI is InChI=1S/C16H10ClNO3/c17-11-7-3-1-5-9(11)14-13(16(20)21)15(19)10-6-2-4-8-12(10)18-14/h1-8H,(H,18,19)(H,20,21). The Kier molecular flexibility index (Phi) is 3.23. The number of hydrogen-bond donors (Lipinski definition) is 2. The molecule has 0 bridgehead atoms. The molecule has 0 aliphatic heterocycles. The Labute approximate surface area is 124 Å². The van der Waals surface area contributed by atoms with Gasteiger partial charge in [0.2, 0.25) is 5.43 Å². The van der Waals surface area contributed by atoms with Gasteiger partial charge in [0.1, 0.15) is 5.56 Å². The maximum Gasteiger partial charge on any atom is 0.341 e. The molecule has 2 N–H and O–H groups in total. The van der Waals surface area contributed by atoms with Crippen molar-refractivity contribution in [3.05, 3.63) is 69.3 Å². The predicted molar refractivity (Wildman–Crippen MR) is 82.0 cm³/mol. The van der Waals surface area contributed by atoms with Gasteiger partial charge in [0.05, 0.1) is 5.69 Å². The predicted octanol–water partition coefficient (Wildman–Crippen LogP) is 3.55. The first-order valence-electron chi connectivity index (χ1n) is 6.23. The molecule has 0 spiro atoms. The minimum Gasteiger partial charge on any atom is -0.477 e. The van der Waals surface area contributed by atoms with Gasteiger partial charge in [0, 0.05) is 21.5 Å². The Morgan fingerprint density at radius 2 is 1.71 bits per heavy atom. The number of fused-ring (bicyclic) bond motifs is 1. The molecule has 5 heteroatoms. The fourth-order valence-corrected chi connectivity index (χ4v) is 2.54. The number of para-hydroxylation sites is 1. The second kappa shape index (κ2) is 5.07. The zero-order valence-electron chi connectivity index (χ0n) is 10.8. The molecule has 1 heterocycles. The van der Waals surface area contributed by atoms with Crippen molar-refractivity contribution in [2.45, 2.75) is 0 Å². The number of rotatable bonds is 2. The number of benzene rings is 2. The van der Waals surface area contributed by atoms with Gasteiger partial charge in [0.25, 0.3) is 0 Å². The average Bonchev–Trinajstić information content (AvgIpc) is 2.47. The molecule has 0 radical (unpaired) electrons. The van der Waals surface area contributed by atoms with Gasteiger partial charge in [-0.05, 0) is 18.2 Å². The van der Waals surface area contributed by atoms with E-state index in [0.717, 1.165) is 0 Å². The molecule has 1 aromatic heterocycles. The number of aromatic nitrogens is 1. The topological polar surface area (TPSA) is 70.2 Å². The van der Waals surface area contributed by atoms with Gasteiger partial charge in [-0.2, -0.15) is 0 Å². The highest BCUT2D eigenvalue weighted by Crippen LogP contribution is 2.29. The highest BCUT2D eigenvalue weighted by Gasteiger charge is 2.20. The Morgan fingerprint density at radius 1 is 1.05 bits per heavy atom. The van der Waals surface area contributed by atoms with Crippen LogP contribution in [0.5, 0.6) is 0 Å². The maximum atomic E-state index is 12.4. The van der Waals surface area contributed by atoms with Crippen LogP contribution in [-0.4, -0.2) is 16.1 Å². The molecule has 0 aliphatic carbocycles. The Hall–Kier alpha value is -2.59. The lowest BCUT2D eigenvalue weighted by atomic mass is 10.0. The van der Waals surface area contributed by atoms with E-state index in [-0.39, 0.29) is 11.3 Å². The quantitative estimate of drug-likeness (QED) is 0.760.